The summed E-state index contributed by atoms with van der Waals surface area (Å²) < 4.78 is 0. The summed E-state index contributed by atoms with van der Waals surface area (Å²) >= 11 is 0. The molecule has 2 amide bonds. The monoisotopic (exact) mass is 273 g/mol. The van der Waals surface area contributed by atoms with Crippen molar-refractivity contribution >= 4 is 17.8 Å². The molecule has 104 valence electrons. The summed E-state index contributed by atoms with van der Waals surface area (Å²) in [5, 5.41) is 9.22. The van der Waals surface area contributed by atoms with E-state index >= 15 is 0 Å². The van der Waals surface area contributed by atoms with Crippen LogP contribution in [0.1, 0.15) is 38.3 Å². The Morgan fingerprint density at radius 3 is 2.05 bits per heavy atom. The van der Waals surface area contributed by atoms with Crippen molar-refractivity contribution < 1.29 is 19.5 Å². The maximum absolute atomic E-state index is 12.4. The number of carbonyl (C=O) groups excluding carboxylic acids is 2. The molecule has 5 heteroatoms. The lowest BCUT2D eigenvalue weighted by Crippen LogP contribution is -2.44. The Morgan fingerprint density at radius 2 is 1.70 bits per heavy atom. The Hall–Kier alpha value is -2.43. The van der Waals surface area contributed by atoms with Gasteiger partial charge in [-0.15, -0.1) is 6.58 Å². The minimum atomic E-state index is -1.21. The number of fused-ring (bicyclic) bond motifs is 1. The van der Waals surface area contributed by atoms with Crippen molar-refractivity contribution in [2.24, 2.45) is 0 Å². The van der Waals surface area contributed by atoms with Crippen LogP contribution in [0, 0.1) is 13.8 Å². The first kappa shape index (κ1) is 14.0. The Bertz CT molecular complexity index is 592. The van der Waals surface area contributed by atoms with Crippen molar-refractivity contribution in [3.63, 3.8) is 0 Å². The second-order valence-electron chi connectivity index (χ2n) is 4.81. The molecule has 0 radical (unpaired) electrons. The lowest BCUT2D eigenvalue weighted by molar-refractivity contribution is -0.141. The molecule has 20 heavy (non-hydrogen) atoms. The van der Waals surface area contributed by atoms with Crippen LogP contribution in [0.25, 0.3) is 0 Å². The fraction of sp³-hybridized carbons (Fsp3) is 0.267. The molecule has 0 aliphatic carbocycles. The quantitative estimate of drug-likeness (QED) is 0.672. The van der Waals surface area contributed by atoms with Gasteiger partial charge in [0.1, 0.15) is 6.04 Å². The molecular formula is C15H15NO4. The topological polar surface area (TPSA) is 74.7 Å². The predicted octanol–water partition coefficient (Wildman–Crippen LogP) is 1.93. The molecule has 1 heterocycles. The van der Waals surface area contributed by atoms with Gasteiger partial charge in [0.25, 0.3) is 11.8 Å². The average molecular weight is 273 g/mol. The molecule has 1 unspecified atom stereocenters. The van der Waals surface area contributed by atoms with Gasteiger partial charge in [0.2, 0.25) is 0 Å². The second-order valence-corrected chi connectivity index (χ2v) is 4.81. The fourth-order valence-electron chi connectivity index (χ4n) is 2.45. The molecule has 0 fully saturated rings. The molecular weight excluding hydrogens is 258 g/mol. The first-order valence-corrected chi connectivity index (χ1v) is 6.22. The van der Waals surface area contributed by atoms with Crippen LogP contribution in [-0.2, 0) is 4.79 Å². The average Bonchev–Trinajstić information content (AvgIpc) is 2.64. The molecule has 1 atom stereocenters. The number of hydrogen-bond donors (Lipinski definition) is 1. The van der Waals surface area contributed by atoms with Gasteiger partial charge in [-0.2, -0.15) is 0 Å². The summed E-state index contributed by atoms with van der Waals surface area (Å²) in [6.07, 6.45) is 1.42. The molecule has 2 rings (SSSR count). The molecule has 0 saturated carbocycles. The summed E-state index contributed by atoms with van der Waals surface area (Å²) in [7, 11) is 0. The van der Waals surface area contributed by atoms with E-state index in [0.29, 0.717) is 22.3 Å². The van der Waals surface area contributed by atoms with Gasteiger partial charge in [0, 0.05) is 0 Å². The molecule has 0 saturated heterocycles. The number of rotatable bonds is 4. The minimum absolute atomic E-state index is 0.0267. The van der Waals surface area contributed by atoms with Gasteiger partial charge < -0.3 is 5.11 Å². The molecule has 1 aromatic rings. The van der Waals surface area contributed by atoms with Gasteiger partial charge in [-0.25, -0.2) is 4.79 Å². The maximum Gasteiger partial charge on any atom is 0.327 e. The third-order valence-electron chi connectivity index (χ3n) is 3.47. The van der Waals surface area contributed by atoms with Crippen molar-refractivity contribution in [1.82, 2.24) is 4.90 Å². The molecule has 0 spiro atoms. The van der Waals surface area contributed by atoms with E-state index in [1.165, 1.54) is 6.08 Å². The zero-order chi connectivity index (χ0) is 15.0. The van der Waals surface area contributed by atoms with E-state index in [-0.39, 0.29) is 6.42 Å². The number of nitrogens with zero attached hydrogens (tertiary/aromatic N) is 1. The Labute approximate surface area is 116 Å². The number of carbonyl (C=O) groups is 3. The van der Waals surface area contributed by atoms with Gasteiger partial charge in [-0.3, -0.25) is 14.5 Å². The number of aryl methyl sites for hydroxylation is 2. The molecule has 1 aromatic carbocycles. The molecule has 1 aliphatic rings. The van der Waals surface area contributed by atoms with E-state index in [1.807, 2.05) is 0 Å². The summed E-state index contributed by atoms with van der Waals surface area (Å²) in [6.45, 7) is 6.94. The summed E-state index contributed by atoms with van der Waals surface area (Å²) in [6, 6.07) is 2.30. The van der Waals surface area contributed by atoms with Gasteiger partial charge in [-0.05, 0) is 31.4 Å². The van der Waals surface area contributed by atoms with Crippen molar-refractivity contribution in [2.45, 2.75) is 26.3 Å². The zero-order valence-corrected chi connectivity index (χ0v) is 11.3. The van der Waals surface area contributed by atoms with Gasteiger partial charge in [-0.1, -0.05) is 18.2 Å². The van der Waals surface area contributed by atoms with E-state index < -0.39 is 23.8 Å². The van der Waals surface area contributed by atoms with Crippen LogP contribution in [0.4, 0.5) is 0 Å². The van der Waals surface area contributed by atoms with Gasteiger partial charge in [0.15, 0.2) is 0 Å². The summed E-state index contributed by atoms with van der Waals surface area (Å²) in [4.78, 5) is 36.9. The maximum atomic E-state index is 12.4. The van der Waals surface area contributed by atoms with Crippen LogP contribution in [0.15, 0.2) is 24.8 Å². The second kappa shape index (κ2) is 4.92. The van der Waals surface area contributed by atoms with Crippen molar-refractivity contribution in [3.05, 3.63) is 47.0 Å². The number of imide groups is 1. The smallest absolute Gasteiger partial charge is 0.327 e. The molecule has 0 bridgehead atoms. The summed E-state index contributed by atoms with van der Waals surface area (Å²) in [5.74, 6) is -2.30. The van der Waals surface area contributed by atoms with E-state index in [4.69, 9.17) is 0 Å². The highest BCUT2D eigenvalue weighted by Crippen LogP contribution is 2.30. The van der Waals surface area contributed by atoms with E-state index in [9.17, 15) is 19.5 Å². The Balaban J connectivity index is 2.57. The number of amides is 2. The first-order valence-electron chi connectivity index (χ1n) is 6.22. The van der Waals surface area contributed by atoms with Crippen molar-refractivity contribution in [2.75, 3.05) is 0 Å². The third-order valence-corrected chi connectivity index (χ3v) is 3.47. The first-order chi connectivity index (χ1) is 9.40. The summed E-state index contributed by atoms with van der Waals surface area (Å²) in [5.41, 5.74) is 1.97. The number of carboxylic acid groups (broad SMARTS) is 1. The van der Waals surface area contributed by atoms with Crippen LogP contribution >= 0.6 is 0 Å². The Kier molecular flexibility index (Phi) is 3.44. The lowest BCUT2D eigenvalue weighted by atomic mass is 9.99. The van der Waals surface area contributed by atoms with Crippen LogP contribution in [-0.4, -0.2) is 33.8 Å². The van der Waals surface area contributed by atoms with Crippen molar-refractivity contribution in [1.29, 1.82) is 0 Å². The number of aliphatic carboxylic acids is 1. The van der Waals surface area contributed by atoms with Gasteiger partial charge >= 0.3 is 5.97 Å². The van der Waals surface area contributed by atoms with E-state index in [0.717, 1.165) is 4.90 Å². The number of benzene rings is 1. The molecule has 1 N–H and O–H groups in total. The minimum Gasteiger partial charge on any atom is -0.480 e. The number of hydrogen-bond acceptors (Lipinski definition) is 3. The predicted molar refractivity (Wildman–Crippen MR) is 72.7 cm³/mol. The highest BCUT2D eigenvalue weighted by atomic mass is 16.4. The third kappa shape index (κ3) is 1.91. The largest absolute Gasteiger partial charge is 0.480 e. The van der Waals surface area contributed by atoms with E-state index in [1.54, 1.807) is 26.0 Å². The SMILES string of the molecule is C=CCC(C(=O)O)N1C(=O)c2c(C)ccc(C)c2C1=O. The number of carboxylic acids is 1. The fourth-order valence-corrected chi connectivity index (χ4v) is 2.45. The molecule has 0 aromatic heterocycles. The van der Waals surface area contributed by atoms with Crippen LogP contribution in [0.5, 0.6) is 0 Å². The standard InChI is InChI=1S/C15H15NO4/c1-4-5-10(15(19)20)16-13(17)11-8(2)6-7-9(3)12(11)14(16)18/h4,6-7,10H,1,5H2,2-3H3,(H,19,20). The normalized spacial score (nSPS) is 15.2. The van der Waals surface area contributed by atoms with Gasteiger partial charge in [0.05, 0.1) is 11.1 Å². The lowest BCUT2D eigenvalue weighted by Gasteiger charge is -2.21. The van der Waals surface area contributed by atoms with Crippen LogP contribution in [0.3, 0.4) is 0 Å². The van der Waals surface area contributed by atoms with Crippen LogP contribution in [0.2, 0.25) is 0 Å². The molecule has 5 nitrogen and oxygen atoms in total. The molecule has 1 aliphatic heterocycles. The highest BCUT2D eigenvalue weighted by Gasteiger charge is 2.43. The highest BCUT2D eigenvalue weighted by molar-refractivity contribution is 6.23. The van der Waals surface area contributed by atoms with Crippen LogP contribution < -0.4 is 0 Å². The van der Waals surface area contributed by atoms with Crippen molar-refractivity contribution in [3.8, 4) is 0 Å². The Morgan fingerprint density at radius 1 is 1.25 bits per heavy atom. The zero-order valence-electron chi connectivity index (χ0n) is 11.3. The van der Waals surface area contributed by atoms with E-state index in [2.05, 4.69) is 6.58 Å².